The molecule has 0 radical (unpaired) electrons. The predicted octanol–water partition coefficient (Wildman–Crippen LogP) is 4.31. The topological polar surface area (TPSA) is 66.9 Å². The van der Waals surface area contributed by atoms with Crippen LogP contribution < -0.4 is 10.6 Å². The van der Waals surface area contributed by atoms with Gasteiger partial charge < -0.3 is 10.6 Å². The average molecular weight is 367 g/mol. The van der Waals surface area contributed by atoms with Crippen LogP contribution in [0.25, 0.3) is 0 Å². The van der Waals surface area contributed by atoms with Crippen molar-refractivity contribution in [2.75, 3.05) is 10.6 Å². The minimum Gasteiger partial charge on any atom is -0.365 e. The molecule has 0 aliphatic rings. The lowest BCUT2D eigenvalue weighted by Crippen LogP contribution is -2.14. The first-order chi connectivity index (χ1) is 12.7. The van der Waals surface area contributed by atoms with E-state index in [1.807, 2.05) is 54.6 Å². The zero-order valence-corrected chi connectivity index (χ0v) is 14.9. The largest absolute Gasteiger partial charge is 0.365 e. The van der Waals surface area contributed by atoms with Crippen molar-refractivity contribution in [2.45, 2.75) is 19.4 Å². The van der Waals surface area contributed by atoms with Gasteiger partial charge in [-0.2, -0.15) is 0 Å². The lowest BCUT2D eigenvalue weighted by Gasteiger charge is -2.07. The molecule has 26 heavy (non-hydrogen) atoms. The van der Waals surface area contributed by atoms with Crippen molar-refractivity contribution in [1.82, 2.24) is 10.2 Å². The van der Waals surface area contributed by atoms with Gasteiger partial charge in [-0.3, -0.25) is 4.79 Å². The van der Waals surface area contributed by atoms with E-state index in [1.54, 1.807) is 12.1 Å². The summed E-state index contributed by atoms with van der Waals surface area (Å²) in [6, 6.07) is 21.0. The third-order valence-corrected chi connectivity index (χ3v) is 4.05. The number of amides is 1. The van der Waals surface area contributed by atoms with Crippen LogP contribution in [0.5, 0.6) is 0 Å². The molecule has 0 saturated heterocycles. The normalized spacial score (nSPS) is 10.3. The van der Waals surface area contributed by atoms with Gasteiger partial charge in [0.15, 0.2) is 5.82 Å². The minimum absolute atomic E-state index is 0.0787. The van der Waals surface area contributed by atoms with Crippen LogP contribution >= 0.6 is 11.6 Å². The zero-order chi connectivity index (χ0) is 18.2. The molecule has 2 N–H and O–H groups in total. The summed E-state index contributed by atoms with van der Waals surface area (Å²) < 4.78 is 0. The Morgan fingerprint density at radius 2 is 1.54 bits per heavy atom. The summed E-state index contributed by atoms with van der Waals surface area (Å²) >= 11 is 5.87. The molecule has 0 unspecified atom stereocenters. The zero-order valence-electron chi connectivity index (χ0n) is 14.2. The number of aryl methyl sites for hydroxylation is 1. The SMILES string of the molecule is O=C(CCc1ccccc1)Nc1ccc(NCc2ccc(Cl)cc2)nn1. The molecular weight excluding hydrogens is 348 g/mol. The van der Waals surface area contributed by atoms with E-state index in [2.05, 4.69) is 20.8 Å². The highest BCUT2D eigenvalue weighted by Gasteiger charge is 2.05. The fourth-order valence-electron chi connectivity index (χ4n) is 2.40. The standard InChI is InChI=1S/C20H19ClN4O/c21-17-9-6-16(7-10-17)14-22-18-11-12-19(25-24-18)23-20(26)13-8-15-4-2-1-3-5-15/h1-7,9-12H,8,13-14H2,(H,22,24)(H,23,25,26). The van der Waals surface area contributed by atoms with Crippen LogP contribution in [0.2, 0.25) is 5.02 Å². The third-order valence-electron chi connectivity index (χ3n) is 3.80. The molecular formula is C20H19ClN4O. The van der Waals surface area contributed by atoms with Crippen molar-refractivity contribution in [3.8, 4) is 0 Å². The first-order valence-corrected chi connectivity index (χ1v) is 8.73. The highest BCUT2D eigenvalue weighted by molar-refractivity contribution is 6.30. The molecule has 1 aromatic heterocycles. The second-order valence-corrected chi connectivity index (χ2v) is 6.25. The van der Waals surface area contributed by atoms with Gasteiger partial charge >= 0.3 is 0 Å². The van der Waals surface area contributed by atoms with Gasteiger partial charge in [-0.25, -0.2) is 0 Å². The van der Waals surface area contributed by atoms with E-state index >= 15 is 0 Å². The number of hydrogen-bond acceptors (Lipinski definition) is 4. The van der Waals surface area contributed by atoms with Gasteiger partial charge in [-0.05, 0) is 41.8 Å². The lowest BCUT2D eigenvalue weighted by molar-refractivity contribution is -0.116. The highest BCUT2D eigenvalue weighted by atomic mass is 35.5. The number of nitrogens with one attached hydrogen (secondary N) is 2. The maximum Gasteiger partial charge on any atom is 0.225 e. The maximum atomic E-state index is 12.0. The molecule has 6 heteroatoms. The number of halogens is 1. The highest BCUT2D eigenvalue weighted by Crippen LogP contribution is 2.12. The Morgan fingerprint density at radius 3 is 2.23 bits per heavy atom. The molecule has 0 atom stereocenters. The molecule has 0 saturated carbocycles. The number of anilines is 2. The fourth-order valence-corrected chi connectivity index (χ4v) is 2.52. The summed E-state index contributed by atoms with van der Waals surface area (Å²) in [6.07, 6.45) is 1.10. The van der Waals surface area contributed by atoms with Crippen molar-refractivity contribution in [2.24, 2.45) is 0 Å². The van der Waals surface area contributed by atoms with Crippen LogP contribution in [0.4, 0.5) is 11.6 Å². The molecule has 1 amide bonds. The van der Waals surface area contributed by atoms with Gasteiger partial charge in [0.1, 0.15) is 5.82 Å². The van der Waals surface area contributed by atoms with Crippen LogP contribution in [0.15, 0.2) is 66.7 Å². The molecule has 0 aliphatic carbocycles. The van der Waals surface area contributed by atoms with E-state index in [0.717, 1.165) is 11.1 Å². The van der Waals surface area contributed by atoms with E-state index < -0.39 is 0 Å². The molecule has 1 heterocycles. The second-order valence-electron chi connectivity index (χ2n) is 5.82. The van der Waals surface area contributed by atoms with Crippen molar-refractivity contribution >= 4 is 29.1 Å². The Labute approximate surface area is 157 Å². The number of carbonyl (C=O) groups is 1. The van der Waals surface area contributed by atoms with Crippen molar-refractivity contribution in [1.29, 1.82) is 0 Å². The number of benzene rings is 2. The third kappa shape index (κ3) is 5.57. The van der Waals surface area contributed by atoms with E-state index in [0.29, 0.717) is 36.0 Å². The second kappa shape index (κ2) is 8.97. The van der Waals surface area contributed by atoms with Crippen LogP contribution in [-0.2, 0) is 17.8 Å². The first kappa shape index (κ1) is 17.9. The summed E-state index contributed by atoms with van der Waals surface area (Å²) in [6.45, 7) is 0.620. The number of nitrogens with zero attached hydrogens (tertiary/aromatic N) is 2. The Balaban J connectivity index is 1.46. The Kier molecular flexibility index (Phi) is 6.17. The molecule has 0 fully saturated rings. The number of aromatic nitrogens is 2. The van der Waals surface area contributed by atoms with E-state index in [1.165, 1.54) is 0 Å². The van der Waals surface area contributed by atoms with Crippen LogP contribution in [0, 0.1) is 0 Å². The smallest absolute Gasteiger partial charge is 0.225 e. The van der Waals surface area contributed by atoms with Gasteiger partial charge in [0.2, 0.25) is 5.91 Å². The summed E-state index contributed by atoms with van der Waals surface area (Å²) in [7, 11) is 0. The van der Waals surface area contributed by atoms with E-state index in [4.69, 9.17) is 11.6 Å². The molecule has 132 valence electrons. The van der Waals surface area contributed by atoms with Gasteiger partial charge in [-0.1, -0.05) is 54.1 Å². The van der Waals surface area contributed by atoms with E-state index in [9.17, 15) is 4.79 Å². The first-order valence-electron chi connectivity index (χ1n) is 8.35. The van der Waals surface area contributed by atoms with E-state index in [-0.39, 0.29) is 5.91 Å². The molecule has 5 nitrogen and oxygen atoms in total. The Bertz CT molecular complexity index is 836. The van der Waals surface area contributed by atoms with Gasteiger partial charge in [0, 0.05) is 18.0 Å². The summed E-state index contributed by atoms with van der Waals surface area (Å²) in [4.78, 5) is 12.0. The summed E-state index contributed by atoms with van der Waals surface area (Å²) in [5.74, 6) is 1.01. The fraction of sp³-hybridized carbons (Fsp3) is 0.150. The van der Waals surface area contributed by atoms with Crippen LogP contribution in [0.1, 0.15) is 17.5 Å². The molecule has 2 aromatic carbocycles. The Morgan fingerprint density at radius 1 is 0.846 bits per heavy atom. The molecule has 3 rings (SSSR count). The molecule has 3 aromatic rings. The number of hydrogen-bond donors (Lipinski definition) is 2. The quantitative estimate of drug-likeness (QED) is 0.653. The van der Waals surface area contributed by atoms with Gasteiger partial charge in [0.05, 0.1) is 0 Å². The molecule has 0 aliphatic heterocycles. The van der Waals surface area contributed by atoms with Crippen LogP contribution in [-0.4, -0.2) is 16.1 Å². The number of rotatable bonds is 7. The monoisotopic (exact) mass is 366 g/mol. The molecule has 0 spiro atoms. The Hall–Kier alpha value is -2.92. The van der Waals surface area contributed by atoms with Gasteiger partial charge in [0.25, 0.3) is 0 Å². The van der Waals surface area contributed by atoms with Crippen molar-refractivity contribution in [3.63, 3.8) is 0 Å². The molecule has 0 bridgehead atoms. The van der Waals surface area contributed by atoms with Crippen molar-refractivity contribution < 1.29 is 4.79 Å². The predicted molar refractivity (Wildman–Crippen MR) is 104 cm³/mol. The average Bonchev–Trinajstić information content (AvgIpc) is 2.68. The summed E-state index contributed by atoms with van der Waals surface area (Å²) in [5.41, 5.74) is 2.23. The van der Waals surface area contributed by atoms with Gasteiger partial charge in [-0.15, -0.1) is 10.2 Å². The van der Waals surface area contributed by atoms with Crippen molar-refractivity contribution in [3.05, 3.63) is 82.9 Å². The lowest BCUT2D eigenvalue weighted by atomic mass is 10.1. The summed E-state index contributed by atoms with van der Waals surface area (Å²) in [5, 5.41) is 14.8. The van der Waals surface area contributed by atoms with Crippen LogP contribution in [0.3, 0.4) is 0 Å². The maximum absolute atomic E-state index is 12.0. The minimum atomic E-state index is -0.0787. The number of carbonyl (C=O) groups excluding carboxylic acids is 1.